The van der Waals surface area contributed by atoms with E-state index in [1.54, 1.807) is 30.1 Å². The van der Waals surface area contributed by atoms with Crippen LogP contribution in [0.3, 0.4) is 0 Å². The van der Waals surface area contributed by atoms with Gasteiger partial charge in [-0.25, -0.2) is 4.99 Å². The number of fused-ring (bicyclic) bond motifs is 1. The number of hydrogen-bond donors (Lipinski definition) is 1. The van der Waals surface area contributed by atoms with E-state index in [0.29, 0.717) is 45.2 Å². The van der Waals surface area contributed by atoms with Crippen LogP contribution in [0.1, 0.15) is 29.2 Å². The molecule has 1 atom stereocenters. The number of amides is 1. The van der Waals surface area contributed by atoms with Gasteiger partial charge in [0.25, 0.3) is 5.91 Å². The lowest BCUT2D eigenvalue weighted by Gasteiger charge is -2.28. The number of carbonyl (C=O) groups is 1. The smallest absolute Gasteiger partial charge is 0.272 e. The van der Waals surface area contributed by atoms with Crippen molar-refractivity contribution < 1.29 is 4.79 Å². The number of halogens is 2. The minimum absolute atomic E-state index is 0.232. The standard InChI is InChI=1S/C27H26Cl2N4OS/c1-4-33(16-18-9-7-8-17(2)14-18)27(35)31-25-26(34)32(3)23-13-12-19(28)15-21(23)24(30-25)20-10-5-6-11-22(20)29/h5-15,25H,4,16H2,1-3H3,(H,31,35). The maximum absolute atomic E-state index is 13.5. The molecule has 0 bridgehead atoms. The highest BCUT2D eigenvalue weighted by Crippen LogP contribution is 2.31. The van der Waals surface area contributed by atoms with E-state index in [1.165, 1.54) is 5.56 Å². The molecule has 1 aliphatic rings. The van der Waals surface area contributed by atoms with Crippen LogP contribution in [0, 0.1) is 6.92 Å². The summed E-state index contributed by atoms with van der Waals surface area (Å²) in [6.45, 7) is 5.39. The van der Waals surface area contributed by atoms with Gasteiger partial charge in [-0.1, -0.05) is 71.2 Å². The number of rotatable bonds is 5. The van der Waals surface area contributed by atoms with E-state index in [4.69, 9.17) is 40.4 Å². The summed E-state index contributed by atoms with van der Waals surface area (Å²) < 4.78 is 0. The van der Waals surface area contributed by atoms with Gasteiger partial charge in [-0.2, -0.15) is 0 Å². The van der Waals surface area contributed by atoms with Crippen molar-refractivity contribution in [3.05, 3.63) is 99.0 Å². The van der Waals surface area contributed by atoms with Gasteiger partial charge in [0.05, 0.1) is 11.4 Å². The lowest BCUT2D eigenvalue weighted by atomic mass is 10.00. The number of thiocarbonyl (C=S) groups is 1. The lowest BCUT2D eigenvalue weighted by molar-refractivity contribution is -0.119. The van der Waals surface area contributed by atoms with Crippen LogP contribution in [-0.4, -0.2) is 41.4 Å². The molecule has 0 saturated carbocycles. The Balaban J connectivity index is 1.71. The number of benzodiazepines with no additional fused rings is 1. The van der Waals surface area contributed by atoms with Crippen molar-refractivity contribution in [1.82, 2.24) is 10.2 Å². The van der Waals surface area contributed by atoms with Crippen LogP contribution in [0.2, 0.25) is 10.0 Å². The van der Waals surface area contributed by atoms with Crippen LogP contribution in [0.5, 0.6) is 0 Å². The van der Waals surface area contributed by atoms with Crippen molar-refractivity contribution in [1.29, 1.82) is 0 Å². The Morgan fingerprint density at radius 3 is 2.57 bits per heavy atom. The Morgan fingerprint density at radius 2 is 1.86 bits per heavy atom. The fourth-order valence-electron chi connectivity index (χ4n) is 4.07. The van der Waals surface area contributed by atoms with Crippen molar-refractivity contribution in [2.24, 2.45) is 4.99 Å². The molecule has 3 aromatic rings. The monoisotopic (exact) mass is 524 g/mol. The van der Waals surface area contributed by atoms with Crippen LogP contribution >= 0.6 is 35.4 Å². The molecule has 0 aromatic heterocycles. The maximum Gasteiger partial charge on any atom is 0.272 e. The second kappa shape index (κ2) is 10.8. The molecule has 1 aliphatic heterocycles. The normalized spacial score (nSPS) is 15.2. The number of benzene rings is 3. The summed E-state index contributed by atoms with van der Waals surface area (Å²) in [6.07, 6.45) is -0.934. The molecule has 0 spiro atoms. The van der Waals surface area contributed by atoms with Gasteiger partial charge in [-0.15, -0.1) is 0 Å². The van der Waals surface area contributed by atoms with E-state index >= 15 is 0 Å². The van der Waals surface area contributed by atoms with Gasteiger partial charge in [0, 0.05) is 41.3 Å². The number of aryl methyl sites for hydroxylation is 1. The average Bonchev–Trinajstić information content (AvgIpc) is 2.93. The first-order valence-electron chi connectivity index (χ1n) is 11.3. The van der Waals surface area contributed by atoms with E-state index in [9.17, 15) is 4.79 Å². The Kier molecular flexibility index (Phi) is 7.75. The van der Waals surface area contributed by atoms with Crippen molar-refractivity contribution in [2.45, 2.75) is 26.6 Å². The Hall–Kier alpha value is -2.93. The number of aliphatic imine (C=N–C) groups is 1. The van der Waals surface area contributed by atoms with Gasteiger partial charge in [0.15, 0.2) is 5.11 Å². The third kappa shape index (κ3) is 5.50. The fraction of sp³-hybridized carbons (Fsp3) is 0.222. The number of likely N-dealkylation sites (N-methyl/N-ethyl adjacent to an activating group) is 1. The molecule has 0 radical (unpaired) electrons. The van der Waals surface area contributed by atoms with Gasteiger partial charge in [-0.05, 0) is 55.9 Å². The second-order valence-electron chi connectivity index (χ2n) is 8.37. The largest absolute Gasteiger partial charge is 0.345 e. The van der Waals surface area contributed by atoms with E-state index in [1.807, 2.05) is 42.2 Å². The molecule has 35 heavy (non-hydrogen) atoms. The molecular weight excluding hydrogens is 499 g/mol. The molecule has 1 heterocycles. The Labute approximate surface area is 221 Å². The van der Waals surface area contributed by atoms with Gasteiger partial charge < -0.3 is 15.1 Å². The minimum Gasteiger partial charge on any atom is -0.345 e. The zero-order valence-electron chi connectivity index (χ0n) is 19.8. The van der Waals surface area contributed by atoms with Crippen LogP contribution in [0.25, 0.3) is 0 Å². The summed E-state index contributed by atoms with van der Waals surface area (Å²) in [6, 6.07) is 21.1. The maximum atomic E-state index is 13.5. The Bertz CT molecular complexity index is 1310. The summed E-state index contributed by atoms with van der Waals surface area (Å²) in [7, 11) is 1.72. The summed E-state index contributed by atoms with van der Waals surface area (Å²) in [4.78, 5) is 22.0. The molecule has 5 nitrogen and oxygen atoms in total. The minimum atomic E-state index is -0.934. The Morgan fingerprint density at radius 1 is 1.09 bits per heavy atom. The average molecular weight is 526 g/mol. The molecule has 4 rings (SSSR count). The molecule has 1 N–H and O–H groups in total. The molecule has 1 amide bonds. The molecule has 180 valence electrons. The van der Waals surface area contributed by atoms with Gasteiger partial charge in [0.2, 0.25) is 6.17 Å². The predicted molar refractivity (Wildman–Crippen MR) is 149 cm³/mol. The van der Waals surface area contributed by atoms with Crippen molar-refractivity contribution in [3.63, 3.8) is 0 Å². The van der Waals surface area contributed by atoms with Crippen LogP contribution < -0.4 is 10.2 Å². The third-order valence-corrected chi connectivity index (χ3v) is 6.85. The van der Waals surface area contributed by atoms with E-state index in [0.717, 1.165) is 11.1 Å². The second-order valence-corrected chi connectivity index (χ2v) is 9.60. The number of nitrogens with zero attached hydrogens (tertiary/aromatic N) is 3. The number of nitrogens with one attached hydrogen (secondary N) is 1. The molecule has 1 unspecified atom stereocenters. The predicted octanol–water partition coefficient (Wildman–Crippen LogP) is 5.84. The first kappa shape index (κ1) is 25.2. The summed E-state index contributed by atoms with van der Waals surface area (Å²) in [5, 5.41) is 4.72. The topological polar surface area (TPSA) is 47.9 Å². The van der Waals surface area contributed by atoms with Crippen molar-refractivity contribution >= 4 is 57.8 Å². The summed E-state index contributed by atoms with van der Waals surface area (Å²) in [5.41, 5.74) is 5.04. The zero-order valence-corrected chi connectivity index (χ0v) is 22.1. The molecule has 0 aliphatic carbocycles. The summed E-state index contributed by atoms with van der Waals surface area (Å²) in [5.74, 6) is -0.232. The molecule has 0 saturated heterocycles. The number of hydrogen-bond acceptors (Lipinski definition) is 3. The highest BCUT2D eigenvalue weighted by atomic mass is 35.5. The van der Waals surface area contributed by atoms with Gasteiger partial charge >= 0.3 is 0 Å². The van der Waals surface area contributed by atoms with Crippen LogP contribution in [-0.2, 0) is 11.3 Å². The number of anilines is 1. The molecule has 8 heteroatoms. The molecule has 0 fully saturated rings. The van der Waals surface area contributed by atoms with E-state index < -0.39 is 6.17 Å². The van der Waals surface area contributed by atoms with Crippen molar-refractivity contribution in [2.75, 3.05) is 18.5 Å². The van der Waals surface area contributed by atoms with Gasteiger partial charge in [-0.3, -0.25) is 4.79 Å². The number of carbonyl (C=O) groups excluding carboxylic acids is 1. The first-order valence-corrected chi connectivity index (χ1v) is 12.5. The molecular formula is C27H26Cl2N4OS. The van der Waals surface area contributed by atoms with Crippen LogP contribution in [0.4, 0.5) is 5.69 Å². The lowest BCUT2D eigenvalue weighted by Crippen LogP contribution is -2.50. The highest BCUT2D eigenvalue weighted by Gasteiger charge is 2.31. The SMILES string of the molecule is CCN(Cc1cccc(C)c1)C(=S)NC1N=C(c2ccccc2Cl)c2cc(Cl)ccc2N(C)C1=O. The fourth-order valence-corrected chi connectivity index (χ4v) is 4.78. The zero-order chi connectivity index (χ0) is 25.1. The van der Waals surface area contributed by atoms with Crippen LogP contribution in [0.15, 0.2) is 71.7 Å². The van der Waals surface area contributed by atoms with Crippen molar-refractivity contribution in [3.8, 4) is 0 Å². The highest BCUT2D eigenvalue weighted by molar-refractivity contribution is 7.80. The van der Waals surface area contributed by atoms with Gasteiger partial charge in [0.1, 0.15) is 0 Å². The third-order valence-electron chi connectivity index (χ3n) is 5.91. The first-order chi connectivity index (χ1) is 16.8. The molecule has 3 aromatic carbocycles. The van der Waals surface area contributed by atoms with E-state index in [-0.39, 0.29) is 5.91 Å². The quantitative estimate of drug-likeness (QED) is 0.426. The summed E-state index contributed by atoms with van der Waals surface area (Å²) >= 11 is 18.6. The van der Waals surface area contributed by atoms with E-state index in [2.05, 4.69) is 30.4 Å².